The van der Waals surface area contributed by atoms with Gasteiger partial charge in [0.25, 0.3) is 0 Å². The van der Waals surface area contributed by atoms with Crippen molar-refractivity contribution < 1.29 is 1.43 Å². The topological polar surface area (TPSA) is 15.3 Å². The Bertz CT molecular complexity index is 133. The van der Waals surface area contributed by atoms with Gasteiger partial charge in [0.1, 0.15) is 0 Å². The molecule has 1 unspecified atom stereocenters. The number of nitrogens with one attached hydrogen (secondary N) is 1. The number of hydrogen-bond acceptors (Lipinski definition) is 2. The summed E-state index contributed by atoms with van der Waals surface area (Å²) in [6.45, 7) is 7.08. The van der Waals surface area contributed by atoms with E-state index in [4.69, 9.17) is 0 Å². The average Bonchev–Trinajstić information content (AvgIpc) is 2.09. The first-order valence-corrected chi connectivity index (χ1v) is 5.67. The van der Waals surface area contributed by atoms with Crippen LogP contribution in [0.15, 0.2) is 0 Å². The number of piperidine rings is 1. The summed E-state index contributed by atoms with van der Waals surface area (Å²) < 4.78 is 0. The van der Waals surface area contributed by atoms with Crippen LogP contribution < -0.4 is 5.32 Å². The van der Waals surface area contributed by atoms with Gasteiger partial charge in [-0.3, -0.25) is 0 Å². The minimum absolute atomic E-state index is 0. The number of hydrogen-bond donors (Lipinski definition) is 1. The Hall–Kier alpha value is -0.0800. The van der Waals surface area contributed by atoms with E-state index in [1.54, 1.807) is 0 Å². The van der Waals surface area contributed by atoms with Crippen molar-refractivity contribution in [1.29, 1.82) is 0 Å². The molecule has 1 fully saturated rings. The van der Waals surface area contributed by atoms with E-state index in [0.29, 0.717) is 6.04 Å². The van der Waals surface area contributed by atoms with Crippen molar-refractivity contribution in [2.45, 2.75) is 51.6 Å². The molecule has 0 amide bonds. The van der Waals surface area contributed by atoms with E-state index >= 15 is 0 Å². The van der Waals surface area contributed by atoms with E-state index in [1.165, 1.54) is 38.8 Å². The highest BCUT2D eigenvalue weighted by Gasteiger charge is 2.17. The Balaban J connectivity index is 0.00000169. The smallest absolute Gasteiger partial charge is 0.00938 e. The highest BCUT2D eigenvalue weighted by Crippen LogP contribution is 2.09. The Labute approximate surface area is 84.2 Å². The van der Waals surface area contributed by atoms with Gasteiger partial charge in [0.05, 0.1) is 0 Å². The summed E-state index contributed by atoms with van der Waals surface area (Å²) in [6.07, 6.45) is 5.25. The molecule has 1 saturated heterocycles. The fourth-order valence-corrected chi connectivity index (χ4v) is 2.09. The van der Waals surface area contributed by atoms with Crippen LogP contribution in [0.2, 0.25) is 0 Å². The van der Waals surface area contributed by atoms with Crippen LogP contribution in [0.1, 0.15) is 41.0 Å². The van der Waals surface area contributed by atoms with Gasteiger partial charge in [-0.1, -0.05) is 13.3 Å². The Morgan fingerprint density at radius 3 is 2.62 bits per heavy atom. The summed E-state index contributed by atoms with van der Waals surface area (Å²) in [7, 11) is 2.21. The maximum Gasteiger partial charge on any atom is 0.00938 e. The molecule has 80 valence electrons. The third kappa shape index (κ3) is 4.10. The molecule has 0 bridgehead atoms. The van der Waals surface area contributed by atoms with Gasteiger partial charge in [-0.15, -0.1) is 0 Å². The molecule has 0 aromatic carbocycles. The van der Waals surface area contributed by atoms with Crippen molar-refractivity contribution in [3.05, 3.63) is 0 Å². The second-order valence-corrected chi connectivity index (χ2v) is 4.43. The molecule has 1 rings (SSSR count). The van der Waals surface area contributed by atoms with Crippen LogP contribution >= 0.6 is 0 Å². The predicted octanol–water partition coefficient (Wildman–Crippen LogP) is 2.10. The summed E-state index contributed by atoms with van der Waals surface area (Å²) in [5.41, 5.74) is 0. The third-order valence-electron chi connectivity index (χ3n) is 2.96. The van der Waals surface area contributed by atoms with E-state index in [0.717, 1.165) is 6.04 Å². The van der Waals surface area contributed by atoms with Gasteiger partial charge in [-0.05, 0) is 46.3 Å². The second kappa shape index (κ2) is 5.61. The van der Waals surface area contributed by atoms with E-state index in [9.17, 15) is 0 Å². The molecule has 1 heterocycles. The number of likely N-dealkylation sites (tertiary alicyclic amines) is 1. The van der Waals surface area contributed by atoms with Gasteiger partial charge in [-0.2, -0.15) is 0 Å². The van der Waals surface area contributed by atoms with E-state index in [1.807, 2.05) is 0 Å². The fraction of sp³-hybridized carbons (Fsp3) is 1.00. The summed E-state index contributed by atoms with van der Waals surface area (Å²) in [5.74, 6) is 0. The van der Waals surface area contributed by atoms with E-state index in [2.05, 4.69) is 31.1 Å². The fourth-order valence-electron chi connectivity index (χ4n) is 2.09. The van der Waals surface area contributed by atoms with Crippen LogP contribution in [0, 0.1) is 0 Å². The van der Waals surface area contributed by atoms with Crippen LogP contribution in [0.3, 0.4) is 0 Å². The molecule has 13 heavy (non-hydrogen) atoms. The largest absolute Gasteiger partial charge is 0.311 e. The Kier molecular flexibility index (Phi) is 4.74. The Morgan fingerprint density at radius 1 is 1.46 bits per heavy atom. The highest BCUT2D eigenvalue weighted by molar-refractivity contribution is 4.77. The summed E-state index contributed by atoms with van der Waals surface area (Å²) in [5, 5.41) is 3.71. The molecular weight excluding hydrogens is 160 g/mol. The minimum atomic E-state index is 0. The van der Waals surface area contributed by atoms with Gasteiger partial charge < -0.3 is 10.2 Å². The van der Waals surface area contributed by atoms with E-state index in [-0.39, 0.29) is 1.43 Å². The van der Waals surface area contributed by atoms with Crippen LogP contribution in [-0.2, 0) is 0 Å². The summed E-state index contributed by atoms with van der Waals surface area (Å²) >= 11 is 0. The zero-order valence-electron chi connectivity index (χ0n) is 9.34. The lowest BCUT2D eigenvalue weighted by atomic mass is 10.0. The lowest BCUT2D eigenvalue weighted by molar-refractivity contribution is 0.224. The van der Waals surface area contributed by atoms with Gasteiger partial charge in [0.2, 0.25) is 0 Å². The maximum atomic E-state index is 3.71. The highest BCUT2D eigenvalue weighted by atomic mass is 15.1. The van der Waals surface area contributed by atoms with Crippen LogP contribution in [-0.4, -0.2) is 37.1 Å². The Morgan fingerprint density at radius 2 is 2.08 bits per heavy atom. The van der Waals surface area contributed by atoms with E-state index < -0.39 is 0 Å². The lowest BCUT2D eigenvalue weighted by Crippen LogP contribution is -2.44. The van der Waals surface area contributed by atoms with Crippen LogP contribution in [0.5, 0.6) is 0 Å². The molecule has 0 saturated carbocycles. The SMILES string of the molecule is CCCC(C)NC1CCN(C)CC1.[HH]. The molecule has 2 heteroatoms. The monoisotopic (exact) mass is 186 g/mol. The molecule has 0 aliphatic carbocycles. The first-order chi connectivity index (χ1) is 6.22. The lowest BCUT2D eigenvalue weighted by Gasteiger charge is -2.31. The van der Waals surface area contributed by atoms with Crippen LogP contribution in [0.25, 0.3) is 0 Å². The van der Waals surface area contributed by atoms with Crippen molar-refractivity contribution >= 4 is 0 Å². The van der Waals surface area contributed by atoms with Gasteiger partial charge in [-0.25, -0.2) is 0 Å². The second-order valence-electron chi connectivity index (χ2n) is 4.43. The molecule has 0 aromatic rings. The maximum absolute atomic E-state index is 3.71. The number of nitrogens with zero attached hydrogens (tertiary/aromatic N) is 1. The van der Waals surface area contributed by atoms with Crippen molar-refractivity contribution in [3.63, 3.8) is 0 Å². The normalized spacial score (nSPS) is 23.3. The first kappa shape index (κ1) is 11.0. The molecular formula is C11H26N2. The summed E-state index contributed by atoms with van der Waals surface area (Å²) in [6, 6.07) is 1.48. The van der Waals surface area contributed by atoms with Gasteiger partial charge >= 0.3 is 0 Å². The molecule has 0 radical (unpaired) electrons. The van der Waals surface area contributed by atoms with Crippen molar-refractivity contribution in [2.75, 3.05) is 20.1 Å². The molecule has 1 aliphatic heterocycles. The van der Waals surface area contributed by atoms with Crippen LogP contribution in [0.4, 0.5) is 0 Å². The molecule has 0 spiro atoms. The minimum Gasteiger partial charge on any atom is -0.311 e. The average molecular weight is 186 g/mol. The van der Waals surface area contributed by atoms with Gasteiger partial charge in [0, 0.05) is 13.5 Å². The standard InChI is InChI=1S/C11H24N2.H2/c1-4-5-10(2)12-11-6-8-13(3)9-7-11;/h10-12H,4-9H2,1-3H3;1H. The quantitative estimate of drug-likeness (QED) is 0.723. The van der Waals surface area contributed by atoms with Crippen molar-refractivity contribution in [3.8, 4) is 0 Å². The number of rotatable bonds is 4. The predicted molar refractivity (Wildman–Crippen MR) is 60.1 cm³/mol. The third-order valence-corrected chi connectivity index (χ3v) is 2.96. The summed E-state index contributed by atoms with van der Waals surface area (Å²) in [4.78, 5) is 2.42. The molecule has 2 nitrogen and oxygen atoms in total. The first-order valence-electron chi connectivity index (χ1n) is 5.67. The molecule has 0 aromatic heterocycles. The molecule has 1 atom stereocenters. The van der Waals surface area contributed by atoms with Crippen molar-refractivity contribution in [2.24, 2.45) is 0 Å². The molecule has 1 N–H and O–H groups in total. The molecule has 1 aliphatic rings. The van der Waals surface area contributed by atoms with Gasteiger partial charge in [0.15, 0.2) is 0 Å². The zero-order chi connectivity index (χ0) is 9.68. The zero-order valence-corrected chi connectivity index (χ0v) is 9.34. The van der Waals surface area contributed by atoms with Crippen molar-refractivity contribution in [1.82, 2.24) is 10.2 Å².